The molecule has 2 N–H and O–H groups in total. The van der Waals surface area contributed by atoms with Gasteiger partial charge in [-0.1, -0.05) is 12.2 Å². The summed E-state index contributed by atoms with van der Waals surface area (Å²) >= 11 is 5.45. The third kappa shape index (κ3) is 9.28. The third-order valence-electron chi connectivity index (χ3n) is 1.70. The number of hydrogen-bond acceptors (Lipinski definition) is 2. The van der Waals surface area contributed by atoms with Gasteiger partial charge in [-0.2, -0.15) is 0 Å². The van der Waals surface area contributed by atoms with E-state index in [4.69, 9.17) is 22.4 Å². The van der Waals surface area contributed by atoms with Crippen molar-refractivity contribution in [3.63, 3.8) is 0 Å². The highest BCUT2D eigenvalue weighted by Gasteiger charge is 1.93. The van der Waals surface area contributed by atoms with Gasteiger partial charge in [-0.05, 0) is 31.9 Å². The van der Waals surface area contributed by atoms with Gasteiger partial charge in [0.05, 0.1) is 0 Å². The molecule has 0 spiro atoms. The monoisotopic (exact) mass is 200 g/mol. The Morgan fingerprint density at radius 1 is 1.23 bits per heavy atom. The van der Waals surface area contributed by atoms with Gasteiger partial charge >= 0.3 is 0 Å². The van der Waals surface area contributed by atoms with E-state index in [-0.39, 0.29) is 0 Å². The minimum Gasteiger partial charge on any atom is -0.313 e. The maximum absolute atomic E-state index is 7.55. The van der Waals surface area contributed by atoms with Gasteiger partial charge < -0.3 is 10.8 Å². The van der Waals surface area contributed by atoms with Crippen LogP contribution in [0.2, 0.25) is 0 Å². The molecule has 0 aliphatic rings. The molecule has 0 rings (SSSR count). The highest BCUT2D eigenvalue weighted by Crippen LogP contribution is 2.02. The Bertz CT molecular complexity index is 176. The van der Waals surface area contributed by atoms with E-state index in [0.717, 1.165) is 37.8 Å². The molecule has 0 saturated heterocycles. The molecule has 0 radical (unpaired) electrons. The second-order valence-corrected chi connectivity index (χ2v) is 3.19. The van der Waals surface area contributed by atoms with Crippen LogP contribution in [0, 0.1) is 10.8 Å². The molecular weight excluding hydrogens is 184 g/mol. The first-order chi connectivity index (χ1) is 6.31. The molecule has 0 aliphatic heterocycles. The lowest BCUT2D eigenvalue weighted by Gasteiger charge is -1.98. The van der Waals surface area contributed by atoms with Gasteiger partial charge in [0.2, 0.25) is 0 Å². The molecule has 2 nitrogen and oxygen atoms in total. The Balaban J connectivity index is 3.30. The van der Waals surface area contributed by atoms with E-state index >= 15 is 0 Å². The standard InChI is InChI=1S/C10H17ClN2/c11-8-4-3-7-10(13)6-2-1-5-9-12/h3-4,9,12-13H,1-2,5-8H2/b4-3+,12-9?,13-10?. The molecule has 0 saturated carbocycles. The smallest absolute Gasteiger partial charge is 0.0404 e. The topological polar surface area (TPSA) is 47.7 Å². The summed E-state index contributed by atoms with van der Waals surface area (Å²) in [7, 11) is 0. The summed E-state index contributed by atoms with van der Waals surface area (Å²) < 4.78 is 0. The van der Waals surface area contributed by atoms with Crippen LogP contribution in [-0.2, 0) is 0 Å². The first kappa shape index (κ1) is 12.4. The molecule has 13 heavy (non-hydrogen) atoms. The average Bonchev–Trinajstić information content (AvgIpc) is 2.13. The van der Waals surface area contributed by atoms with Gasteiger partial charge in [0.15, 0.2) is 0 Å². The van der Waals surface area contributed by atoms with E-state index in [1.807, 2.05) is 12.2 Å². The van der Waals surface area contributed by atoms with Gasteiger partial charge in [0.1, 0.15) is 0 Å². The van der Waals surface area contributed by atoms with Crippen molar-refractivity contribution >= 4 is 23.5 Å². The average molecular weight is 201 g/mol. The summed E-state index contributed by atoms with van der Waals surface area (Å²) in [5.41, 5.74) is 0.756. The Hall–Kier alpha value is -0.630. The molecule has 0 aromatic rings. The number of hydrogen-bond donors (Lipinski definition) is 2. The fraction of sp³-hybridized carbons (Fsp3) is 0.600. The molecule has 0 aliphatic carbocycles. The second kappa shape index (κ2) is 9.46. The Labute approximate surface area is 85.0 Å². The maximum Gasteiger partial charge on any atom is 0.0404 e. The first-order valence-corrected chi connectivity index (χ1v) is 5.11. The lowest BCUT2D eigenvalue weighted by molar-refractivity contribution is 0.792. The zero-order valence-corrected chi connectivity index (χ0v) is 8.61. The van der Waals surface area contributed by atoms with Gasteiger partial charge in [0.25, 0.3) is 0 Å². The Kier molecular flexibility index (Phi) is 9.00. The van der Waals surface area contributed by atoms with E-state index in [0.29, 0.717) is 5.88 Å². The molecule has 74 valence electrons. The molecule has 0 aromatic heterocycles. The van der Waals surface area contributed by atoms with E-state index in [1.54, 1.807) is 0 Å². The van der Waals surface area contributed by atoms with Crippen molar-refractivity contribution in [3.05, 3.63) is 12.2 Å². The SMILES string of the molecule is N=CCCCCC(=N)C/C=C/CCl. The van der Waals surface area contributed by atoms with E-state index < -0.39 is 0 Å². The Morgan fingerprint density at radius 2 is 2.00 bits per heavy atom. The van der Waals surface area contributed by atoms with Crippen LogP contribution in [0.4, 0.5) is 0 Å². The van der Waals surface area contributed by atoms with Crippen LogP contribution in [-0.4, -0.2) is 17.8 Å². The Morgan fingerprint density at radius 3 is 2.62 bits per heavy atom. The quantitative estimate of drug-likeness (QED) is 0.261. The molecule has 0 heterocycles. The summed E-state index contributed by atoms with van der Waals surface area (Å²) in [6, 6.07) is 0. The van der Waals surface area contributed by atoms with Crippen LogP contribution in [0.5, 0.6) is 0 Å². The largest absolute Gasteiger partial charge is 0.313 e. The van der Waals surface area contributed by atoms with Crippen LogP contribution in [0.15, 0.2) is 12.2 Å². The van der Waals surface area contributed by atoms with Gasteiger partial charge in [-0.15, -0.1) is 11.6 Å². The zero-order chi connectivity index (χ0) is 9.94. The summed E-state index contributed by atoms with van der Waals surface area (Å²) in [6.45, 7) is 0. The van der Waals surface area contributed by atoms with E-state index in [9.17, 15) is 0 Å². The molecule has 0 fully saturated rings. The van der Waals surface area contributed by atoms with Crippen LogP contribution in [0.25, 0.3) is 0 Å². The van der Waals surface area contributed by atoms with Crippen LogP contribution >= 0.6 is 11.6 Å². The van der Waals surface area contributed by atoms with Gasteiger partial charge in [-0.25, -0.2) is 0 Å². The van der Waals surface area contributed by atoms with Crippen molar-refractivity contribution in [2.45, 2.75) is 32.1 Å². The minimum absolute atomic E-state index is 0.529. The number of halogens is 1. The van der Waals surface area contributed by atoms with Crippen LogP contribution < -0.4 is 0 Å². The van der Waals surface area contributed by atoms with Crippen molar-refractivity contribution in [2.24, 2.45) is 0 Å². The second-order valence-electron chi connectivity index (χ2n) is 2.88. The first-order valence-electron chi connectivity index (χ1n) is 4.57. The molecule has 3 heteroatoms. The normalized spacial score (nSPS) is 10.5. The number of alkyl halides is 1. The number of rotatable bonds is 8. The summed E-state index contributed by atoms with van der Waals surface area (Å²) in [4.78, 5) is 0. The molecule has 0 unspecified atom stereocenters. The zero-order valence-electron chi connectivity index (χ0n) is 7.85. The van der Waals surface area contributed by atoms with Crippen molar-refractivity contribution in [2.75, 3.05) is 5.88 Å². The molecule has 0 aromatic carbocycles. The highest BCUT2D eigenvalue weighted by atomic mass is 35.5. The number of nitrogens with one attached hydrogen (secondary N) is 2. The minimum atomic E-state index is 0.529. The number of unbranched alkanes of at least 4 members (excludes halogenated alkanes) is 2. The van der Waals surface area contributed by atoms with Crippen molar-refractivity contribution < 1.29 is 0 Å². The van der Waals surface area contributed by atoms with Crippen LogP contribution in [0.3, 0.4) is 0 Å². The van der Waals surface area contributed by atoms with Crippen molar-refractivity contribution in [1.82, 2.24) is 0 Å². The van der Waals surface area contributed by atoms with E-state index in [2.05, 4.69) is 0 Å². The molecule has 0 atom stereocenters. The van der Waals surface area contributed by atoms with E-state index in [1.165, 1.54) is 6.21 Å². The predicted octanol–water partition coefficient (Wildman–Crippen LogP) is 3.40. The van der Waals surface area contributed by atoms with Gasteiger partial charge in [-0.3, -0.25) is 0 Å². The van der Waals surface area contributed by atoms with Crippen molar-refractivity contribution in [3.8, 4) is 0 Å². The highest BCUT2D eigenvalue weighted by molar-refractivity contribution is 6.18. The predicted molar refractivity (Wildman–Crippen MR) is 59.5 cm³/mol. The molecular formula is C10H17ClN2. The van der Waals surface area contributed by atoms with Crippen molar-refractivity contribution in [1.29, 1.82) is 10.8 Å². The van der Waals surface area contributed by atoms with Gasteiger partial charge in [0, 0.05) is 18.0 Å². The summed E-state index contributed by atoms with van der Waals surface area (Å²) in [5, 5.41) is 14.4. The molecule has 0 bridgehead atoms. The fourth-order valence-electron chi connectivity index (χ4n) is 0.975. The maximum atomic E-state index is 7.55. The summed E-state index contributed by atoms with van der Waals surface area (Å²) in [5.74, 6) is 0.529. The lowest BCUT2D eigenvalue weighted by Crippen LogP contribution is -1.94. The lowest BCUT2D eigenvalue weighted by atomic mass is 10.1. The number of allylic oxidation sites excluding steroid dienone is 2. The fourth-order valence-corrected chi connectivity index (χ4v) is 1.10. The third-order valence-corrected chi connectivity index (χ3v) is 1.88. The summed E-state index contributed by atoms with van der Waals surface area (Å²) in [6.07, 6.45) is 9.67. The van der Waals surface area contributed by atoms with Crippen LogP contribution in [0.1, 0.15) is 32.1 Å². The molecule has 0 amide bonds.